The zero-order valence-corrected chi connectivity index (χ0v) is 12.8. The lowest BCUT2D eigenvalue weighted by molar-refractivity contribution is -0.121. The Morgan fingerprint density at radius 3 is 2.74 bits per heavy atom. The van der Waals surface area contributed by atoms with Gasteiger partial charge in [0, 0.05) is 11.8 Å². The maximum absolute atomic E-state index is 11.6. The van der Waals surface area contributed by atoms with E-state index in [0.717, 1.165) is 42.9 Å². The third kappa shape index (κ3) is 6.68. The number of aromatic nitrogens is 1. The zero-order chi connectivity index (χ0) is 14.1. The first-order valence-electron chi connectivity index (χ1n) is 7.04. The van der Waals surface area contributed by atoms with Crippen LogP contribution >= 0.6 is 11.3 Å². The standard InChI is InChI=1S/C14H25N3OS/c1-11(2)12-10-19-14(17-12)9-16-13(18)7-5-3-4-6-8-15/h10-11H,3-9,15H2,1-2H3,(H,16,18). The molecule has 1 rings (SSSR count). The van der Waals surface area contributed by atoms with E-state index in [1.54, 1.807) is 11.3 Å². The number of hydrogen-bond donors (Lipinski definition) is 2. The molecule has 0 saturated heterocycles. The van der Waals surface area contributed by atoms with Gasteiger partial charge in [0.15, 0.2) is 0 Å². The number of hydrogen-bond acceptors (Lipinski definition) is 4. The van der Waals surface area contributed by atoms with E-state index >= 15 is 0 Å². The zero-order valence-electron chi connectivity index (χ0n) is 11.9. The Labute approximate surface area is 119 Å². The van der Waals surface area contributed by atoms with Crippen LogP contribution in [0.15, 0.2) is 5.38 Å². The van der Waals surface area contributed by atoms with Crippen LogP contribution in [0.5, 0.6) is 0 Å². The Morgan fingerprint density at radius 1 is 1.37 bits per heavy atom. The first kappa shape index (κ1) is 16.1. The van der Waals surface area contributed by atoms with Gasteiger partial charge in [-0.15, -0.1) is 11.3 Å². The third-order valence-corrected chi connectivity index (χ3v) is 3.82. The van der Waals surface area contributed by atoms with Crippen molar-refractivity contribution in [3.63, 3.8) is 0 Å². The monoisotopic (exact) mass is 283 g/mol. The summed E-state index contributed by atoms with van der Waals surface area (Å²) in [5.74, 6) is 0.567. The van der Waals surface area contributed by atoms with E-state index in [2.05, 4.69) is 29.5 Å². The minimum Gasteiger partial charge on any atom is -0.350 e. The quantitative estimate of drug-likeness (QED) is 0.685. The molecule has 19 heavy (non-hydrogen) atoms. The van der Waals surface area contributed by atoms with E-state index < -0.39 is 0 Å². The topological polar surface area (TPSA) is 68.0 Å². The second kappa shape index (κ2) is 9.04. The molecule has 0 unspecified atom stereocenters. The van der Waals surface area contributed by atoms with Crippen molar-refractivity contribution in [3.8, 4) is 0 Å². The second-order valence-electron chi connectivity index (χ2n) is 5.05. The maximum Gasteiger partial charge on any atom is 0.220 e. The first-order chi connectivity index (χ1) is 9.13. The molecule has 0 saturated carbocycles. The van der Waals surface area contributed by atoms with Gasteiger partial charge in [-0.3, -0.25) is 4.79 Å². The first-order valence-corrected chi connectivity index (χ1v) is 7.92. The minimum absolute atomic E-state index is 0.119. The molecule has 0 aliphatic rings. The predicted octanol–water partition coefficient (Wildman–Crippen LogP) is 2.79. The van der Waals surface area contributed by atoms with E-state index in [1.165, 1.54) is 0 Å². The van der Waals surface area contributed by atoms with E-state index in [0.29, 0.717) is 18.9 Å². The third-order valence-electron chi connectivity index (χ3n) is 2.96. The van der Waals surface area contributed by atoms with Gasteiger partial charge < -0.3 is 11.1 Å². The SMILES string of the molecule is CC(C)c1csc(CNC(=O)CCCCCCN)n1. The highest BCUT2D eigenvalue weighted by molar-refractivity contribution is 7.09. The summed E-state index contributed by atoms with van der Waals surface area (Å²) in [7, 11) is 0. The van der Waals surface area contributed by atoms with E-state index in [4.69, 9.17) is 5.73 Å². The summed E-state index contributed by atoms with van der Waals surface area (Å²) in [5.41, 5.74) is 6.53. The lowest BCUT2D eigenvalue weighted by Crippen LogP contribution is -2.22. The molecule has 0 aliphatic heterocycles. The number of rotatable bonds is 9. The molecule has 0 bridgehead atoms. The van der Waals surface area contributed by atoms with Crippen LogP contribution in [0.4, 0.5) is 0 Å². The molecule has 1 amide bonds. The van der Waals surface area contributed by atoms with Gasteiger partial charge in [0.1, 0.15) is 5.01 Å². The Kier molecular flexibility index (Phi) is 7.67. The van der Waals surface area contributed by atoms with Gasteiger partial charge in [-0.05, 0) is 25.3 Å². The summed E-state index contributed by atoms with van der Waals surface area (Å²) in [5, 5.41) is 5.98. The van der Waals surface area contributed by atoms with Crippen LogP contribution in [0.3, 0.4) is 0 Å². The summed E-state index contributed by atoms with van der Waals surface area (Å²) in [6.45, 7) is 5.55. The Hall–Kier alpha value is -0.940. The average Bonchev–Trinajstić information content (AvgIpc) is 2.85. The smallest absolute Gasteiger partial charge is 0.220 e. The molecule has 1 aromatic rings. The molecule has 0 radical (unpaired) electrons. The van der Waals surface area contributed by atoms with Crippen molar-refractivity contribution in [1.29, 1.82) is 0 Å². The van der Waals surface area contributed by atoms with Gasteiger partial charge in [-0.1, -0.05) is 26.7 Å². The van der Waals surface area contributed by atoms with Gasteiger partial charge in [0.2, 0.25) is 5.91 Å². The molecule has 5 heteroatoms. The Morgan fingerprint density at radius 2 is 2.11 bits per heavy atom. The van der Waals surface area contributed by atoms with Gasteiger partial charge in [-0.25, -0.2) is 4.98 Å². The van der Waals surface area contributed by atoms with Crippen molar-refractivity contribution in [3.05, 3.63) is 16.1 Å². The highest BCUT2D eigenvalue weighted by Crippen LogP contribution is 2.17. The number of carbonyl (C=O) groups is 1. The molecule has 0 aromatic carbocycles. The molecule has 108 valence electrons. The van der Waals surface area contributed by atoms with Gasteiger partial charge in [0.25, 0.3) is 0 Å². The Balaban J connectivity index is 2.15. The van der Waals surface area contributed by atoms with Crippen molar-refractivity contribution in [2.75, 3.05) is 6.54 Å². The van der Waals surface area contributed by atoms with E-state index in [1.807, 2.05) is 0 Å². The van der Waals surface area contributed by atoms with Crippen LogP contribution in [0.1, 0.15) is 62.6 Å². The summed E-state index contributed by atoms with van der Waals surface area (Å²) in [4.78, 5) is 16.1. The fourth-order valence-electron chi connectivity index (χ4n) is 1.72. The van der Waals surface area contributed by atoms with Crippen molar-refractivity contribution < 1.29 is 4.79 Å². The van der Waals surface area contributed by atoms with E-state index in [9.17, 15) is 4.79 Å². The molecule has 4 nitrogen and oxygen atoms in total. The van der Waals surface area contributed by atoms with Crippen LogP contribution in [0, 0.1) is 0 Å². The van der Waals surface area contributed by atoms with Crippen LogP contribution in [0.2, 0.25) is 0 Å². The summed E-state index contributed by atoms with van der Waals surface area (Å²) < 4.78 is 0. The lowest BCUT2D eigenvalue weighted by Gasteiger charge is -2.03. The molecule has 0 aliphatic carbocycles. The molecular weight excluding hydrogens is 258 g/mol. The van der Waals surface area contributed by atoms with Crippen LogP contribution in [0.25, 0.3) is 0 Å². The van der Waals surface area contributed by atoms with Gasteiger partial charge in [-0.2, -0.15) is 0 Å². The average molecular weight is 283 g/mol. The number of amides is 1. The van der Waals surface area contributed by atoms with Gasteiger partial charge in [0.05, 0.1) is 12.2 Å². The fraction of sp³-hybridized carbons (Fsp3) is 0.714. The predicted molar refractivity (Wildman–Crippen MR) is 80.2 cm³/mol. The molecular formula is C14H25N3OS. The number of thiazole rings is 1. The highest BCUT2D eigenvalue weighted by Gasteiger charge is 2.07. The number of unbranched alkanes of at least 4 members (excludes halogenated alkanes) is 3. The summed E-state index contributed by atoms with van der Waals surface area (Å²) >= 11 is 1.62. The number of nitrogens with one attached hydrogen (secondary N) is 1. The number of nitrogens with zero attached hydrogens (tertiary/aromatic N) is 1. The summed E-state index contributed by atoms with van der Waals surface area (Å²) in [6, 6.07) is 0. The van der Waals surface area contributed by atoms with Crippen molar-refractivity contribution in [1.82, 2.24) is 10.3 Å². The second-order valence-corrected chi connectivity index (χ2v) is 5.99. The molecule has 1 aromatic heterocycles. The highest BCUT2D eigenvalue weighted by atomic mass is 32.1. The number of carbonyl (C=O) groups excluding carboxylic acids is 1. The molecule has 3 N–H and O–H groups in total. The van der Waals surface area contributed by atoms with Crippen molar-refractivity contribution >= 4 is 17.2 Å². The molecule has 0 fully saturated rings. The van der Waals surface area contributed by atoms with Crippen LogP contribution in [-0.2, 0) is 11.3 Å². The molecule has 1 heterocycles. The van der Waals surface area contributed by atoms with Crippen LogP contribution in [-0.4, -0.2) is 17.4 Å². The Bertz CT molecular complexity index is 377. The molecule has 0 atom stereocenters. The summed E-state index contributed by atoms with van der Waals surface area (Å²) in [6.07, 6.45) is 4.81. The van der Waals surface area contributed by atoms with Crippen molar-refractivity contribution in [2.24, 2.45) is 5.73 Å². The van der Waals surface area contributed by atoms with Gasteiger partial charge >= 0.3 is 0 Å². The normalized spacial score (nSPS) is 10.9. The van der Waals surface area contributed by atoms with E-state index in [-0.39, 0.29) is 5.91 Å². The van der Waals surface area contributed by atoms with Crippen molar-refractivity contribution in [2.45, 2.75) is 58.4 Å². The minimum atomic E-state index is 0.119. The fourth-order valence-corrected chi connectivity index (χ4v) is 2.61. The maximum atomic E-state index is 11.6. The van der Waals surface area contributed by atoms with Crippen LogP contribution < -0.4 is 11.1 Å². The number of nitrogens with two attached hydrogens (primary N) is 1. The largest absolute Gasteiger partial charge is 0.350 e. The lowest BCUT2D eigenvalue weighted by atomic mass is 10.1. The molecule has 0 spiro atoms.